The summed E-state index contributed by atoms with van der Waals surface area (Å²) >= 11 is 11.8. The molecule has 2 N–H and O–H groups in total. The molecule has 0 heterocycles. The van der Waals surface area contributed by atoms with E-state index in [0.29, 0.717) is 16.6 Å². The highest BCUT2D eigenvalue weighted by molar-refractivity contribution is 6.42. The largest absolute Gasteiger partial charge is 0.340 e. The Kier molecular flexibility index (Phi) is 7.24. The second kappa shape index (κ2) is 9.40. The zero-order valence-electron chi connectivity index (χ0n) is 14.1. The summed E-state index contributed by atoms with van der Waals surface area (Å²) in [7, 11) is 1.63. The Hall–Kier alpha value is -2.31. The zero-order chi connectivity index (χ0) is 19.1. The average molecular weight is 398 g/mol. The van der Waals surface area contributed by atoms with Gasteiger partial charge in [0.05, 0.1) is 16.6 Å². The third-order valence-electron chi connectivity index (χ3n) is 3.60. The zero-order valence-corrected chi connectivity index (χ0v) is 15.6. The van der Waals surface area contributed by atoms with Crippen LogP contribution < -0.4 is 10.6 Å². The molecule has 26 heavy (non-hydrogen) atoms. The summed E-state index contributed by atoms with van der Waals surface area (Å²) in [5.74, 6) is -0.596. The van der Waals surface area contributed by atoms with Gasteiger partial charge in [-0.15, -0.1) is 0 Å². The van der Waals surface area contributed by atoms with E-state index < -0.39 is 6.03 Å². The summed E-state index contributed by atoms with van der Waals surface area (Å²) in [5, 5.41) is 5.96. The van der Waals surface area contributed by atoms with E-state index in [2.05, 4.69) is 10.6 Å². The molecule has 0 atom stereocenters. The van der Waals surface area contributed by atoms with Gasteiger partial charge in [-0.25, -0.2) is 9.18 Å². The number of halogens is 3. The highest BCUT2D eigenvalue weighted by Crippen LogP contribution is 2.23. The molecule has 0 aliphatic rings. The number of amides is 3. The molecule has 0 radical (unpaired) electrons. The quantitative estimate of drug-likeness (QED) is 0.782. The van der Waals surface area contributed by atoms with Gasteiger partial charge in [-0.2, -0.15) is 0 Å². The topological polar surface area (TPSA) is 61.4 Å². The van der Waals surface area contributed by atoms with E-state index >= 15 is 0 Å². The number of nitrogens with one attached hydrogen (secondary N) is 2. The molecule has 0 spiro atoms. The molecule has 2 aromatic carbocycles. The van der Waals surface area contributed by atoms with Gasteiger partial charge in [0.15, 0.2) is 0 Å². The van der Waals surface area contributed by atoms with Gasteiger partial charge in [-0.1, -0.05) is 41.4 Å². The average Bonchev–Trinajstić information content (AvgIpc) is 2.62. The number of hydrogen-bond acceptors (Lipinski definition) is 2. The van der Waals surface area contributed by atoms with Crippen molar-refractivity contribution in [2.45, 2.75) is 13.1 Å². The van der Waals surface area contributed by atoms with E-state index in [1.807, 2.05) is 0 Å². The monoisotopic (exact) mass is 397 g/mol. The van der Waals surface area contributed by atoms with E-state index in [0.717, 1.165) is 11.1 Å². The van der Waals surface area contributed by atoms with Crippen molar-refractivity contribution in [2.75, 3.05) is 13.6 Å². The molecule has 0 unspecified atom stereocenters. The minimum atomic E-state index is -0.481. The predicted molar refractivity (Wildman–Crippen MR) is 99.6 cm³/mol. The molecule has 0 bridgehead atoms. The smallest absolute Gasteiger partial charge is 0.315 e. The van der Waals surface area contributed by atoms with Gasteiger partial charge in [0.25, 0.3) is 0 Å². The molecule has 0 saturated carbocycles. The van der Waals surface area contributed by atoms with Crippen LogP contribution in [0.5, 0.6) is 0 Å². The van der Waals surface area contributed by atoms with Gasteiger partial charge in [0, 0.05) is 20.1 Å². The molecule has 0 aliphatic carbocycles. The lowest BCUT2D eigenvalue weighted by atomic mass is 10.2. The minimum Gasteiger partial charge on any atom is -0.340 e. The van der Waals surface area contributed by atoms with Crippen molar-refractivity contribution in [3.05, 3.63) is 69.5 Å². The normalized spacial score (nSPS) is 10.3. The molecule has 138 valence electrons. The highest BCUT2D eigenvalue weighted by atomic mass is 35.5. The van der Waals surface area contributed by atoms with Crippen LogP contribution in [0.25, 0.3) is 0 Å². The van der Waals surface area contributed by atoms with Crippen molar-refractivity contribution < 1.29 is 14.0 Å². The van der Waals surface area contributed by atoms with Crippen LogP contribution in [0.1, 0.15) is 11.1 Å². The van der Waals surface area contributed by atoms with Gasteiger partial charge in [0.2, 0.25) is 5.91 Å². The summed E-state index contributed by atoms with van der Waals surface area (Å²) in [6.45, 7) is 0.432. The number of nitrogens with zero attached hydrogens (tertiary/aromatic N) is 1. The molecule has 5 nitrogen and oxygen atoms in total. The minimum absolute atomic E-state index is 0.146. The SMILES string of the molecule is CN(Cc1ccc(Cl)c(Cl)c1)C(=O)CNC(=O)NCc1ccc(F)cc1. The van der Waals surface area contributed by atoms with Crippen LogP contribution in [0.2, 0.25) is 10.0 Å². The van der Waals surface area contributed by atoms with E-state index in [1.165, 1.54) is 17.0 Å². The van der Waals surface area contributed by atoms with Crippen molar-refractivity contribution in [3.63, 3.8) is 0 Å². The summed E-state index contributed by atoms with van der Waals surface area (Å²) in [5.41, 5.74) is 1.58. The van der Waals surface area contributed by atoms with Gasteiger partial charge in [-0.05, 0) is 35.4 Å². The fourth-order valence-electron chi connectivity index (χ4n) is 2.14. The molecule has 0 aliphatic heterocycles. The Morgan fingerprint density at radius 3 is 2.31 bits per heavy atom. The first-order valence-corrected chi connectivity index (χ1v) is 8.55. The number of rotatable bonds is 6. The Morgan fingerprint density at radius 1 is 1.00 bits per heavy atom. The van der Waals surface area contributed by atoms with Crippen LogP contribution in [-0.2, 0) is 17.9 Å². The predicted octanol–water partition coefficient (Wildman–Crippen LogP) is 3.59. The summed E-state index contributed by atoms with van der Waals surface area (Å²) < 4.78 is 12.8. The lowest BCUT2D eigenvalue weighted by Gasteiger charge is -2.18. The Bertz CT molecular complexity index is 785. The van der Waals surface area contributed by atoms with Crippen molar-refractivity contribution in [1.29, 1.82) is 0 Å². The van der Waals surface area contributed by atoms with Crippen LogP contribution in [0.4, 0.5) is 9.18 Å². The molecule has 3 amide bonds. The molecular formula is C18H18Cl2FN3O2. The maximum absolute atomic E-state index is 12.8. The second-order valence-electron chi connectivity index (χ2n) is 5.66. The first-order valence-electron chi connectivity index (χ1n) is 7.79. The second-order valence-corrected chi connectivity index (χ2v) is 6.48. The van der Waals surface area contributed by atoms with Gasteiger partial charge >= 0.3 is 6.03 Å². The van der Waals surface area contributed by atoms with Gasteiger partial charge in [-0.3, -0.25) is 4.79 Å². The van der Waals surface area contributed by atoms with Crippen LogP contribution in [0, 0.1) is 5.82 Å². The number of urea groups is 1. The fourth-order valence-corrected chi connectivity index (χ4v) is 2.46. The molecular weight excluding hydrogens is 380 g/mol. The Balaban J connectivity index is 1.75. The van der Waals surface area contributed by atoms with Gasteiger partial charge < -0.3 is 15.5 Å². The maximum Gasteiger partial charge on any atom is 0.315 e. The number of carbonyl (C=O) groups excluding carboxylic acids is 2. The van der Waals surface area contributed by atoms with Crippen molar-refractivity contribution in [1.82, 2.24) is 15.5 Å². The number of likely N-dealkylation sites (N-methyl/N-ethyl adjacent to an activating group) is 1. The molecule has 0 aromatic heterocycles. The van der Waals surface area contributed by atoms with Gasteiger partial charge in [0.1, 0.15) is 5.82 Å². The molecule has 2 rings (SSSR count). The summed E-state index contributed by atoms with van der Waals surface area (Å²) in [6.07, 6.45) is 0. The Labute approximate surface area is 161 Å². The molecule has 2 aromatic rings. The van der Waals surface area contributed by atoms with Crippen molar-refractivity contribution in [2.24, 2.45) is 0 Å². The van der Waals surface area contributed by atoms with E-state index in [4.69, 9.17) is 23.2 Å². The first kappa shape index (κ1) is 20.0. The van der Waals surface area contributed by atoms with Crippen LogP contribution >= 0.6 is 23.2 Å². The van der Waals surface area contributed by atoms with Crippen molar-refractivity contribution >= 4 is 35.1 Å². The summed E-state index contributed by atoms with van der Waals surface area (Å²) in [6, 6.07) is 10.4. The van der Waals surface area contributed by atoms with Crippen LogP contribution in [-0.4, -0.2) is 30.4 Å². The van der Waals surface area contributed by atoms with E-state index in [9.17, 15) is 14.0 Å². The summed E-state index contributed by atoms with van der Waals surface area (Å²) in [4.78, 5) is 25.3. The highest BCUT2D eigenvalue weighted by Gasteiger charge is 2.11. The van der Waals surface area contributed by atoms with E-state index in [-0.39, 0.29) is 24.8 Å². The first-order chi connectivity index (χ1) is 12.3. The lowest BCUT2D eigenvalue weighted by molar-refractivity contribution is -0.129. The molecule has 8 heteroatoms. The number of benzene rings is 2. The van der Waals surface area contributed by atoms with Crippen LogP contribution in [0.15, 0.2) is 42.5 Å². The Morgan fingerprint density at radius 2 is 1.65 bits per heavy atom. The van der Waals surface area contributed by atoms with Crippen molar-refractivity contribution in [3.8, 4) is 0 Å². The standard InChI is InChI=1S/C18H18Cl2FN3O2/c1-24(11-13-4-7-15(19)16(20)8-13)17(25)10-23-18(26)22-9-12-2-5-14(21)6-3-12/h2-8H,9-11H2,1H3,(H2,22,23,26). The molecule has 0 fully saturated rings. The number of hydrogen-bond donors (Lipinski definition) is 2. The number of carbonyl (C=O) groups is 2. The van der Waals surface area contributed by atoms with E-state index in [1.54, 1.807) is 37.4 Å². The fraction of sp³-hybridized carbons (Fsp3) is 0.222. The lowest BCUT2D eigenvalue weighted by Crippen LogP contribution is -2.42. The maximum atomic E-state index is 12.8. The third-order valence-corrected chi connectivity index (χ3v) is 4.34. The van der Waals surface area contributed by atoms with Crippen LogP contribution in [0.3, 0.4) is 0 Å². The third kappa shape index (κ3) is 6.20. The molecule has 0 saturated heterocycles.